The van der Waals surface area contributed by atoms with Crippen LogP contribution >= 0.6 is 11.6 Å². The van der Waals surface area contributed by atoms with E-state index in [0.717, 1.165) is 25.1 Å². The molecule has 1 aromatic heterocycles. The largest absolute Gasteiger partial charge is 0.497 e. The lowest BCUT2D eigenvalue weighted by Gasteiger charge is -2.07. The zero-order chi connectivity index (χ0) is 19.1. The number of benzene rings is 1. The van der Waals surface area contributed by atoms with Crippen molar-refractivity contribution in [3.8, 4) is 11.5 Å². The van der Waals surface area contributed by atoms with Crippen molar-refractivity contribution in [1.82, 2.24) is 15.2 Å². The van der Waals surface area contributed by atoms with Crippen LogP contribution in [-0.4, -0.2) is 36.1 Å². The van der Waals surface area contributed by atoms with Gasteiger partial charge in [0.1, 0.15) is 16.7 Å². The zero-order valence-electron chi connectivity index (χ0n) is 15.4. The number of carbonyl (C=O) groups excluding carboxylic acids is 1. The molecule has 1 amide bonds. The van der Waals surface area contributed by atoms with Crippen molar-refractivity contribution < 1.29 is 14.3 Å². The molecule has 0 atom stereocenters. The molecule has 0 saturated carbocycles. The third-order valence-electron chi connectivity index (χ3n) is 3.81. The van der Waals surface area contributed by atoms with Gasteiger partial charge in [-0.15, -0.1) is 0 Å². The first kappa shape index (κ1) is 19.8. The molecule has 26 heavy (non-hydrogen) atoms. The van der Waals surface area contributed by atoms with E-state index >= 15 is 0 Å². The van der Waals surface area contributed by atoms with Crippen LogP contribution in [0.15, 0.2) is 23.3 Å². The highest BCUT2D eigenvalue weighted by atomic mass is 35.5. The van der Waals surface area contributed by atoms with E-state index in [1.165, 1.54) is 20.4 Å². The number of hydrazone groups is 1. The van der Waals surface area contributed by atoms with Crippen LogP contribution in [0.3, 0.4) is 0 Å². The number of rotatable bonds is 8. The summed E-state index contributed by atoms with van der Waals surface area (Å²) in [6, 6.07) is 4.90. The fourth-order valence-corrected chi connectivity index (χ4v) is 2.64. The summed E-state index contributed by atoms with van der Waals surface area (Å²) in [7, 11) is 3.05. The third-order valence-corrected chi connectivity index (χ3v) is 4.20. The number of halogens is 1. The summed E-state index contributed by atoms with van der Waals surface area (Å²) >= 11 is 6.34. The number of ether oxygens (including phenoxy) is 2. The number of aromatic nitrogens is 2. The summed E-state index contributed by atoms with van der Waals surface area (Å²) < 4.78 is 12.1. The number of nitrogens with zero attached hydrogens (tertiary/aromatic N) is 3. The highest BCUT2D eigenvalue weighted by molar-refractivity contribution is 6.32. The Balaban J connectivity index is 2.11. The molecular formula is C18H23ClN4O3. The van der Waals surface area contributed by atoms with Crippen molar-refractivity contribution in [2.45, 2.75) is 33.2 Å². The Labute approximate surface area is 157 Å². The SMILES string of the molecule is CCCCn1nc(C)c(/C=N\NC(=O)c2cc(OC)cc(OC)c2)c1Cl. The van der Waals surface area contributed by atoms with Gasteiger partial charge in [-0.25, -0.2) is 5.43 Å². The maximum atomic E-state index is 12.3. The maximum absolute atomic E-state index is 12.3. The van der Waals surface area contributed by atoms with Crippen LogP contribution in [0.1, 0.15) is 41.4 Å². The van der Waals surface area contributed by atoms with Gasteiger partial charge in [0, 0.05) is 18.2 Å². The predicted octanol–water partition coefficient (Wildman–Crippen LogP) is 3.43. The molecule has 1 heterocycles. The molecule has 0 aliphatic rings. The van der Waals surface area contributed by atoms with Crippen molar-refractivity contribution in [2.75, 3.05) is 14.2 Å². The van der Waals surface area contributed by atoms with Crippen molar-refractivity contribution in [1.29, 1.82) is 0 Å². The quantitative estimate of drug-likeness (QED) is 0.564. The molecule has 1 N–H and O–H groups in total. The van der Waals surface area contributed by atoms with E-state index in [2.05, 4.69) is 22.5 Å². The number of aryl methyl sites for hydroxylation is 2. The molecule has 0 aliphatic carbocycles. The van der Waals surface area contributed by atoms with Crippen LogP contribution in [0.25, 0.3) is 0 Å². The molecule has 0 saturated heterocycles. The minimum atomic E-state index is -0.384. The summed E-state index contributed by atoms with van der Waals surface area (Å²) in [6.45, 7) is 4.71. The van der Waals surface area contributed by atoms with E-state index in [1.54, 1.807) is 22.9 Å². The summed E-state index contributed by atoms with van der Waals surface area (Å²) in [5.41, 5.74) is 4.30. The van der Waals surface area contributed by atoms with Gasteiger partial charge in [0.2, 0.25) is 0 Å². The van der Waals surface area contributed by atoms with Gasteiger partial charge in [-0.3, -0.25) is 9.48 Å². The Morgan fingerprint density at radius 2 is 1.96 bits per heavy atom. The average Bonchev–Trinajstić information content (AvgIpc) is 2.93. The van der Waals surface area contributed by atoms with Crippen molar-refractivity contribution in [3.05, 3.63) is 40.2 Å². The van der Waals surface area contributed by atoms with Crippen LogP contribution in [0, 0.1) is 6.92 Å². The van der Waals surface area contributed by atoms with Gasteiger partial charge in [0.05, 0.1) is 31.7 Å². The molecule has 0 fully saturated rings. The smallest absolute Gasteiger partial charge is 0.271 e. The number of carbonyl (C=O) groups is 1. The molecule has 0 aliphatic heterocycles. The predicted molar refractivity (Wildman–Crippen MR) is 101 cm³/mol. The first-order chi connectivity index (χ1) is 12.5. The van der Waals surface area contributed by atoms with Crippen molar-refractivity contribution in [3.63, 3.8) is 0 Å². The summed E-state index contributed by atoms with van der Waals surface area (Å²) in [5.74, 6) is 0.662. The fraction of sp³-hybridized carbons (Fsp3) is 0.389. The lowest BCUT2D eigenvalue weighted by Crippen LogP contribution is -2.17. The second kappa shape index (κ2) is 9.24. The summed E-state index contributed by atoms with van der Waals surface area (Å²) in [4.78, 5) is 12.3. The lowest BCUT2D eigenvalue weighted by atomic mass is 10.2. The van der Waals surface area contributed by atoms with E-state index in [0.29, 0.717) is 27.8 Å². The highest BCUT2D eigenvalue weighted by Gasteiger charge is 2.12. The molecule has 0 spiro atoms. The molecule has 8 heteroatoms. The number of unbranched alkanes of at least 4 members (excludes halogenated alkanes) is 1. The number of hydrogen-bond donors (Lipinski definition) is 1. The highest BCUT2D eigenvalue weighted by Crippen LogP contribution is 2.22. The molecular weight excluding hydrogens is 356 g/mol. The van der Waals surface area contributed by atoms with Gasteiger partial charge < -0.3 is 9.47 Å². The number of nitrogens with one attached hydrogen (secondary N) is 1. The molecule has 0 radical (unpaired) electrons. The van der Waals surface area contributed by atoms with Gasteiger partial charge in [-0.1, -0.05) is 24.9 Å². The number of methoxy groups -OCH3 is 2. The van der Waals surface area contributed by atoms with Crippen LogP contribution in [-0.2, 0) is 6.54 Å². The van der Waals surface area contributed by atoms with Gasteiger partial charge in [0.25, 0.3) is 5.91 Å². The lowest BCUT2D eigenvalue weighted by molar-refractivity contribution is 0.0954. The Morgan fingerprint density at radius 1 is 1.31 bits per heavy atom. The van der Waals surface area contributed by atoms with Crippen LogP contribution < -0.4 is 14.9 Å². The third kappa shape index (κ3) is 4.76. The van der Waals surface area contributed by atoms with E-state index < -0.39 is 0 Å². The van der Waals surface area contributed by atoms with E-state index in [4.69, 9.17) is 21.1 Å². The maximum Gasteiger partial charge on any atom is 0.271 e. The molecule has 0 unspecified atom stereocenters. The van der Waals surface area contributed by atoms with Gasteiger partial charge in [-0.05, 0) is 25.5 Å². The summed E-state index contributed by atoms with van der Waals surface area (Å²) in [6.07, 6.45) is 3.55. The minimum absolute atomic E-state index is 0.375. The number of amides is 1. The molecule has 1 aromatic carbocycles. The monoisotopic (exact) mass is 378 g/mol. The average molecular weight is 379 g/mol. The first-order valence-corrected chi connectivity index (χ1v) is 8.67. The van der Waals surface area contributed by atoms with Gasteiger partial charge >= 0.3 is 0 Å². The molecule has 7 nitrogen and oxygen atoms in total. The van der Waals surface area contributed by atoms with E-state index in [9.17, 15) is 4.79 Å². The normalized spacial score (nSPS) is 11.0. The van der Waals surface area contributed by atoms with E-state index in [-0.39, 0.29) is 5.91 Å². The Morgan fingerprint density at radius 3 is 2.54 bits per heavy atom. The van der Waals surface area contributed by atoms with Gasteiger partial charge in [0.15, 0.2) is 0 Å². The van der Waals surface area contributed by atoms with Crippen LogP contribution in [0.4, 0.5) is 0 Å². The first-order valence-electron chi connectivity index (χ1n) is 8.29. The molecule has 140 valence electrons. The standard InChI is InChI=1S/C18H23ClN4O3/c1-5-6-7-23-17(19)16(12(2)22-23)11-20-21-18(24)13-8-14(25-3)10-15(9-13)26-4/h8-11H,5-7H2,1-4H3,(H,21,24)/b20-11-. The zero-order valence-corrected chi connectivity index (χ0v) is 16.1. The van der Waals surface area contributed by atoms with Gasteiger partial charge in [-0.2, -0.15) is 10.2 Å². The minimum Gasteiger partial charge on any atom is -0.497 e. The van der Waals surface area contributed by atoms with Crippen LogP contribution in [0.5, 0.6) is 11.5 Å². The number of hydrogen-bond acceptors (Lipinski definition) is 5. The molecule has 2 rings (SSSR count). The van der Waals surface area contributed by atoms with Crippen molar-refractivity contribution in [2.24, 2.45) is 5.10 Å². The fourth-order valence-electron chi connectivity index (χ4n) is 2.33. The van der Waals surface area contributed by atoms with E-state index in [1.807, 2.05) is 6.92 Å². The van der Waals surface area contributed by atoms with Crippen molar-refractivity contribution >= 4 is 23.7 Å². The second-order valence-electron chi connectivity index (χ2n) is 5.67. The molecule has 2 aromatic rings. The Bertz CT molecular complexity index is 780. The topological polar surface area (TPSA) is 77.7 Å². The Hall–Kier alpha value is -2.54. The summed E-state index contributed by atoms with van der Waals surface area (Å²) in [5, 5.41) is 8.91. The second-order valence-corrected chi connectivity index (χ2v) is 6.03. The van der Waals surface area contributed by atoms with Crippen LogP contribution in [0.2, 0.25) is 5.15 Å². The Kier molecular flexibility index (Phi) is 7.03. The molecule has 0 bridgehead atoms.